The number of nitrogens with one attached hydrogen (secondary N) is 4. The molecule has 1 aliphatic heterocycles. The van der Waals surface area contributed by atoms with Crippen LogP contribution in [0.4, 0.5) is 0 Å². The van der Waals surface area contributed by atoms with Crippen molar-refractivity contribution in [2.45, 2.75) is 74.3 Å². The number of benzene rings is 2. The Hall–Kier alpha value is -4.22. The van der Waals surface area contributed by atoms with Crippen LogP contribution >= 0.6 is 11.8 Å². The summed E-state index contributed by atoms with van der Waals surface area (Å²) in [6.07, 6.45) is 10.0. The molecule has 0 bridgehead atoms. The summed E-state index contributed by atoms with van der Waals surface area (Å²) < 4.78 is 41.2. The van der Waals surface area contributed by atoms with Gasteiger partial charge in [0.2, 0.25) is 10.0 Å². The Morgan fingerprint density at radius 1 is 0.882 bits per heavy atom. The average Bonchev–Trinajstić information content (AvgIpc) is 3.41. The molecule has 0 fully saturated rings. The van der Waals surface area contributed by atoms with Crippen LogP contribution in [0.3, 0.4) is 0 Å². The molecule has 0 radical (unpaired) electrons. The Morgan fingerprint density at radius 3 is 2.43 bits per heavy atom. The second-order valence-corrected chi connectivity index (χ2v) is 15.6. The van der Waals surface area contributed by atoms with Gasteiger partial charge in [-0.05, 0) is 110 Å². The minimum absolute atomic E-state index is 0.132. The first-order valence-corrected chi connectivity index (χ1v) is 20.1. The lowest BCUT2D eigenvalue weighted by Crippen LogP contribution is -2.35. The third-order valence-corrected chi connectivity index (χ3v) is 11.3. The predicted molar refractivity (Wildman–Crippen MR) is 209 cm³/mol. The van der Waals surface area contributed by atoms with Crippen LogP contribution in [-0.2, 0) is 27.6 Å². The monoisotopic (exact) mass is 724 g/mol. The van der Waals surface area contributed by atoms with E-state index in [9.17, 15) is 8.42 Å². The van der Waals surface area contributed by atoms with Crippen LogP contribution in [0, 0.1) is 10.8 Å². The van der Waals surface area contributed by atoms with Crippen molar-refractivity contribution in [3.63, 3.8) is 0 Å². The number of sulfonamides is 1. The van der Waals surface area contributed by atoms with Crippen molar-refractivity contribution in [3.05, 3.63) is 125 Å². The van der Waals surface area contributed by atoms with Crippen LogP contribution in [0.2, 0.25) is 0 Å². The molecule has 1 aliphatic carbocycles. The van der Waals surface area contributed by atoms with E-state index in [2.05, 4.69) is 60.3 Å². The van der Waals surface area contributed by atoms with Crippen LogP contribution in [0.15, 0.2) is 113 Å². The number of allylic oxidation sites excluding steroid dienone is 2. The van der Waals surface area contributed by atoms with Crippen molar-refractivity contribution < 1.29 is 17.9 Å². The van der Waals surface area contributed by atoms with Crippen LogP contribution in [-0.4, -0.2) is 45.1 Å². The molecular weight excluding hydrogens is 677 g/mol. The number of rotatable bonds is 16. The van der Waals surface area contributed by atoms with E-state index >= 15 is 0 Å². The van der Waals surface area contributed by atoms with E-state index in [4.69, 9.17) is 20.3 Å². The molecule has 0 saturated carbocycles. The number of aryl methyl sites for hydroxylation is 2. The number of amidine groups is 2. The number of unbranched alkanes of at least 4 members (excludes halogenated alkanes) is 1. The molecule has 5 rings (SSSR count). The van der Waals surface area contributed by atoms with Gasteiger partial charge in [-0.25, -0.2) is 13.1 Å². The summed E-state index contributed by atoms with van der Waals surface area (Å²) in [4.78, 5) is 2.18. The van der Waals surface area contributed by atoms with E-state index in [1.807, 2.05) is 61.5 Å². The van der Waals surface area contributed by atoms with Gasteiger partial charge in [0, 0.05) is 40.7 Å². The standard InChI is InChI=1S/C41H48N4O4S2/c1-4-7-13-30-15-9-21-37-39(41(43)45-40(37)42)38(31-16-10-19-35(26-31)50-34-18-8-14-29(5-2)25-34)28-33(24-30)49-32-17-11-20-36(27-32)51(46,47)44-22-12-23-48-6-3/h8-11,14-19,21,24-28,36,44H,4-7,12-13,20,22-23H2,1-3H3,(H3,42,43,45). The first kappa shape index (κ1) is 38.0. The molecule has 8 nitrogen and oxygen atoms in total. The Bertz CT molecular complexity index is 1970. The number of ether oxygens (including phenoxy) is 2. The van der Waals surface area contributed by atoms with Crippen molar-refractivity contribution in [2.24, 2.45) is 0 Å². The van der Waals surface area contributed by atoms with Crippen molar-refractivity contribution in [3.8, 4) is 16.9 Å². The normalized spacial score (nSPS) is 15.2. The number of hydrogen-bond acceptors (Lipinski definition) is 7. The minimum atomic E-state index is -3.64. The lowest BCUT2D eigenvalue weighted by atomic mass is 9.97. The van der Waals surface area contributed by atoms with Gasteiger partial charge in [-0.1, -0.05) is 80.6 Å². The van der Waals surface area contributed by atoms with Gasteiger partial charge in [0.25, 0.3) is 0 Å². The maximum atomic E-state index is 13.3. The predicted octanol–water partition coefficient (Wildman–Crippen LogP) is 8.73. The number of hydrogen-bond donors (Lipinski definition) is 4. The zero-order valence-electron chi connectivity index (χ0n) is 29.6. The Balaban J connectivity index is 1.60. The molecule has 2 aliphatic rings. The van der Waals surface area contributed by atoms with Gasteiger partial charge in [0.15, 0.2) is 0 Å². The molecule has 0 aromatic heterocycles. The Morgan fingerprint density at radius 2 is 1.65 bits per heavy atom. The van der Waals surface area contributed by atoms with Crippen molar-refractivity contribution in [1.82, 2.24) is 10.0 Å². The van der Waals surface area contributed by atoms with E-state index in [0.717, 1.165) is 52.2 Å². The molecule has 1 unspecified atom stereocenters. The summed E-state index contributed by atoms with van der Waals surface area (Å²) in [7, 11) is -3.64. The highest BCUT2D eigenvalue weighted by atomic mass is 32.2. The van der Waals surface area contributed by atoms with Gasteiger partial charge in [-0.2, -0.15) is 0 Å². The summed E-state index contributed by atoms with van der Waals surface area (Å²) in [6, 6.07) is 26.5. The third-order valence-electron chi connectivity index (χ3n) is 8.61. The lowest BCUT2D eigenvalue weighted by Gasteiger charge is -2.19. The largest absolute Gasteiger partial charge is 0.458 e. The topological polar surface area (TPSA) is 124 Å². The molecule has 3 aromatic carbocycles. The van der Waals surface area contributed by atoms with Crippen molar-refractivity contribution in [2.75, 3.05) is 19.8 Å². The molecule has 4 N–H and O–H groups in total. The third kappa shape index (κ3) is 10.4. The van der Waals surface area contributed by atoms with Crippen LogP contribution < -0.4 is 14.8 Å². The van der Waals surface area contributed by atoms with E-state index < -0.39 is 15.3 Å². The fourth-order valence-electron chi connectivity index (χ4n) is 5.92. The molecule has 1 atom stereocenters. The minimum Gasteiger partial charge on any atom is -0.458 e. The second-order valence-electron chi connectivity index (χ2n) is 12.4. The van der Waals surface area contributed by atoms with E-state index in [1.165, 1.54) is 5.56 Å². The van der Waals surface area contributed by atoms with E-state index in [1.54, 1.807) is 17.8 Å². The Kier molecular flexibility index (Phi) is 13.7. The smallest absolute Gasteiger partial charge is 0.218 e. The Labute approximate surface area is 307 Å². The molecule has 0 spiro atoms. The van der Waals surface area contributed by atoms with E-state index in [0.29, 0.717) is 55.2 Å². The van der Waals surface area contributed by atoms with Crippen LogP contribution in [0.5, 0.6) is 5.75 Å². The van der Waals surface area contributed by atoms with Crippen molar-refractivity contribution >= 4 is 33.5 Å². The van der Waals surface area contributed by atoms with Gasteiger partial charge < -0.3 is 14.8 Å². The van der Waals surface area contributed by atoms with Crippen LogP contribution in [0.1, 0.15) is 68.7 Å². The molecule has 51 heavy (non-hydrogen) atoms. The summed E-state index contributed by atoms with van der Waals surface area (Å²) in [6.45, 7) is 7.61. The molecule has 1 heterocycles. The number of fused-ring (bicyclic) bond motifs is 1. The summed E-state index contributed by atoms with van der Waals surface area (Å²) in [5.74, 6) is 1.23. The zero-order chi connectivity index (χ0) is 36.2. The van der Waals surface area contributed by atoms with Gasteiger partial charge >= 0.3 is 0 Å². The zero-order valence-corrected chi connectivity index (χ0v) is 31.3. The van der Waals surface area contributed by atoms with Gasteiger partial charge in [-0.3, -0.25) is 10.8 Å². The quantitative estimate of drug-likeness (QED) is 0.110. The van der Waals surface area contributed by atoms with Gasteiger partial charge in [0.1, 0.15) is 28.4 Å². The maximum absolute atomic E-state index is 13.3. The van der Waals surface area contributed by atoms with Gasteiger partial charge in [-0.15, -0.1) is 0 Å². The summed E-state index contributed by atoms with van der Waals surface area (Å²) in [5, 5.41) is 19.8. The first-order valence-electron chi connectivity index (χ1n) is 17.7. The summed E-state index contributed by atoms with van der Waals surface area (Å²) in [5.41, 5.74) is 5.11. The average molecular weight is 725 g/mol. The van der Waals surface area contributed by atoms with E-state index in [-0.39, 0.29) is 11.7 Å². The molecule has 0 amide bonds. The highest BCUT2D eigenvalue weighted by molar-refractivity contribution is 7.99. The molecule has 0 saturated heterocycles. The fourth-order valence-corrected chi connectivity index (χ4v) is 8.20. The summed E-state index contributed by atoms with van der Waals surface area (Å²) >= 11 is 1.68. The first-order chi connectivity index (χ1) is 24.7. The highest BCUT2D eigenvalue weighted by Gasteiger charge is 2.26. The molecule has 10 heteroatoms. The van der Waals surface area contributed by atoms with Crippen molar-refractivity contribution in [1.29, 1.82) is 10.8 Å². The second kappa shape index (κ2) is 18.3. The molecule has 3 aromatic rings. The highest BCUT2D eigenvalue weighted by Crippen LogP contribution is 2.35. The lowest BCUT2D eigenvalue weighted by molar-refractivity contribution is 0.146. The SMILES string of the molecule is CCCCc1cccc2c(c(-c3cccc(Sc4cccc(CC)c4)c3)cc(OC3=CC(S(=O)(=O)NCCCOCC)CC=C3)c1)C(=N)NC2=N. The molecular formula is C41H48N4O4S2. The van der Waals surface area contributed by atoms with Gasteiger partial charge in [0.05, 0.1) is 0 Å². The maximum Gasteiger partial charge on any atom is 0.218 e. The van der Waals surface area contributed by atoms with Crippen LogP contribution in [0.25, 0.3) is 11.1 Å². The fraction of sp³-hybridized carbons (Fsp3) is 0.317. The molecule has 268 valence electrons.